The van der Waals surface area contributed by atoms with E-state index in [2.05, 4.69) is 10.3 Å². The minimum absolute atomic E-state index is 0.0843. The van der Waals surface area contributed by atoms with Crippen LogP contribution >= 0.6 is 0 Å². The van der Waals surface area contributed by atoms with Crippen LogP contribution in [-0.4, -0.2) is 36.6 Å². The van der Waals surface area contributed by atoms with E-state index in [4.69, 9.17) is 4.42 Å². The van der Waals surface area contributed by atoms with Gasteiger partial charge >= 0.3 is 0 Å². The predicted octanol–water partition coefficient (Wildman–Crippen LogP) is 2.13. The van der Waals surface area contributed by atoms with Crippen LogP contribution in [0.2, 0.25) is 0 Å². The smallest absolute Gasteiger partial charge is 0.287 e. The number of hydrogen-bond acceptors (Lipinski definition) is 7. The lowest BCUT2D eigenvalue weighted by Crippen LogP contribution is -2.37. The molecule has 0 radical (unpaired) electrons. The number of carbonyl (C=O) groups is 3. The van der Waals surface area contributed by atoms with Crippen molar-refractivity contribution in [3.05, 3.63) is 48.2 Å². The van der Waals surface area contributed by atoms with Gasteiger partial charge in [-0.2, -0.15) is 0 Å². The molecule has 1 amide bonds. The highest BCUT2D eigenvalue weighted by molar-refractivity contribution is 7.91. The van der Waals surface area contributed by atoms with Gasteiger partial charge in [-0.3, -0.25) is 14.4 Å². The molecule has 1 aromatic carbocycles. The molecule has 8 nitrogen and oxygen atoms in total. The number of fused-ring (bicyclic) bond motifs is 1. The molecule has 2 aromatic rings. The number of Topliss-reactive ketones (excluding diaryl/α,β-unsaturated/α-hetero) is 2. The number of rotatable bonds is 7. The summed E-state index contributed by atoms with van der Waals surface area (Å²) in [6.07, 6.45) is 1.70. The fourth-order valence-electron chi connectivity index (χ4n) is 3.72. The first-order chi connectivity index (χ1) is 14.7. The number of ketones is 2. The second kappa shape index (κ2) is 9.55. The molecule has 0 spiro atoms. The molecule has 0 aliphatic carbocycles. The molecule has 3 rings (SSSR count). The molecule has 1 aliphatic rings. The molecule has 2 heterocycles. The van der Waals surface area contributed by atoms with Crippen molar-refractivity contribution in [3.8, 4) is 0 Å². The number of oxazole rings is 1. The van der Waals surface area contributed by atoms with E-state index in [9.17, 15) is 22.8 Å². The molecule has 0 saturated carbocycles. The first kappa shape index (κ1) is 22.9. The highest BCUT2D eigenvalue weighted by Gasteiger charge is 2.35. The lowest BCUT2D eigenvalue weighted by Gasteiger charge is -2.22. The number of sulfone groups is 1. The van der Waals surface area contributed by atoms with Gasteiger partial charge in [-0.05, 0) is 24.5 Å². The van der Waals surface area contributed by atoms with Crippen LogP contribution in [0.1, 0.15) is 38.1 Å². The largest absolute Gasteiger partial charge is 0.448 e. The summed E-state index contributed by atoms with van der Waals surface area (Å²) in [7, 11) is -3.67. The third kappa shape index (κ3) is 5.46. The third-order valence-electron chi connectivity index (χ3n) is 5.62. The van der Waals surface area contributed by atoms with Crippen molar-refractivity contribution in [2.75, 3.05) is 5.75 Å². The Hall–Kier alpha value is -2.81. The van der Waals surface area contributed by atoms with Crippen LogP contribution in [0.4, 0.5) is 0 Å². The van der Waals surface area contributed by atoms with E-state index in [1.165, 1.54) is 18.5 Å². The van der Waals surface area contributed by atoms with Crippen LogP contribution in [0.5, 0.6) is 0 Å². The normalized spacial score (nSPS) is 18.5. The van der Waals surface area contributed by atoms with Crippen molar-refractivity contribution in [2.24, 2.45) is 17.8 Å². The summed E-state index contributed by atoms with van der Waals surface area (Å²) in [5, 5.41) is 2.51. The minimum Gasteiger partial charge on any atom is -0.448 e. The number of amides is 1. The first-order valence-corrected chi connectivity index (χ1v) is 11.9. The average molecular weight is 447 g/mol. The molecule has 9 heteroatoms. The van der Waals surface area contributed by atoms with Crippen molar-refractivity contribution < 1.29 is 27.2 Å². The standard InChI is InChI=1S/C22H26N2O6S/c1-14(2)17(12-31(28,29)16-6-4-3-5-7-16)19(25)10-15-8-9-20-18(24-13-30-20)11-23-22(27)21(15)26/h3-7,13-15,17H,8-12H2,1-2H3,(H,23,27). The molecule has 166 valence electrons. The molecule has 0 fully saturated rings. The Bertz CT molecular complexity index is 1060. The molecule has 1 aliphatic heterocycles. The van der Waals surface area contributed by atoms with E-state index in [0.29, 0.717) is 17.9 Å². The second-order valence-electron chi connectivity index (χ2n) is 8.12. The molecule has 0 bridgehead atoms. The van der Waals surface area contributed by atoms with Gasteiger partial charge in [0.25, 0.3) is 5.91 Å². The Morgan fingerprint density at radius 1 is 1.23 bits per heavy atom. The van der Waals surface area contributed by atoms with Gasteiger partial charge in [0.05, 0.1) is 17.2 Å². The van der Waals surface area contributed by atoms with Crippen molar-refractivity contribution >= 4 is 27.3 Å². The molecule has 1 aromatic heterocycles. The first-order valence-electron chi connectivity index (χ1n) is 10.2. The van der Waals surface area contributed by atoms with Gasteiger partial charge in [-0.25, -0.2) is 13.4 Å². The van der Waals surface area contributed by atoms with Crippen LogP contribution < -0.4 is 5.32 Å². The summed E-state index contributed by atoms with van der Waals surface area (Å²) in [4.78, 5) is 42.2. The van der Waals surface area contributed by atoms with Gasteiger partial charge in [-0.15, -0.1) is 0 Å². The summed E-state index contributed by atoms with van der Waals surface area (Å²) in [6.45, 7) is 3.64. The number of aryl methyl sites for hydroxylation is 1. The van der Waals surface area contributed by atoms with Crippen LogP contribution in [0.3, 0.4) is 0 Å². The van der Waals surface area contributed by atoms with Crippen LogP contribution in [0, 0.1) is 17.8 Å². The lowest BCUT2D eigenvalue weighted by atomic mass is 9.84. The molecular formula is C22H26N2O6S. The van der Waals surface area contributed by atoms with Gasteiger partial charge < -0.3 is 9.73 Å². The van der Waals surface area contributed by atoms with Crippen LogP contribution in [-0.2, 0) is 37.2 Å². The average Bonchev–Trinajstić information content (AvgIpc) is 3.20. The number of nitrogens with zero attached hydrogens (tertiary/aromatic N) is 1. The van der Waals surface area contributed by atoms with Crippen molar-refractivity contribution in [1.82, 2.24) is 10.3 Å². The molecule has 2 atom stereocenters. The zero-order chi connectivity index (χ0) is 22.6. The van der Waals surface area contributed by atoms with Gasteiger partial charge in [-0.1, -0.05) is 32.0 Å². The van der Waals surface area contributed by atoms with E-state index in [0.717, 1.165) is 0 Å². The topological polar surface area (TPSA) is 123 Å². The number of aromatic nitrogens is 1. The Kier molecular flexibility index (Phi) is 7.04. The number of benzene rings is 1. The van der Waals surface area contributed by atoms with E-state index >= 15 is 0 Å². The Balaban J connectivity index is 1.77. The number of carbonyl (C=O) groups excluding carboxylic acids is 3. The summed E-state index contributed by atoms with van der Waals surface area (Å²) in [5.41, 5.74) is 0.558. The highest BCUT2D eigenvalue weighted by Crippen LogP contribution is 2.26. The molecular weight excluding hydrogens is 420 g/mol. The van der Waals surface area contributed by atoms with E-state index in [1.54, 1.807) is 32.0 Å². The maximum Gasteiger partial charge on any atom is 0.287 e. The third-order valence-corrected chi connectivity index (χ3v) is 7.41. The van der Waals surface area contributed by atoms with Gasteiger partial charge in [0, 0.05) is 24.7 Å². The van der Waals surface area contributed by atoms with E-state index in [-0.39, 0.29) is 41.7 Å². The van der Waals surface area contributed by atoms with E-state index < -0.39 is 33.4 Å². The van der Waals surface area contributed by atoms with Crippen molar-refractivity contribution in [2.45, 2.75) is 44.6 Å². The van der Waals surface area contributed by atoms with Gasteiger partial charge in [0.2, 0.25) is 5.78 Å². The highest BCUT2D eigenvalue weighted by atomic mass is 32.2. The second-order valence-corrected chi connectivity index (χ2v) is 10.2. The summed E-state index contributed by atoms with van der Waals surface area (Å²) >= 11 is 0. The fraction of sp³-hybridized carbons (Fsp3) is 0.455. The monoisotopic (exact) mass is 446 g/mol. The Labute approximate surface area is 181 Å². The molecule has 2 unspecified atom stereocenters. The van der Waals surface area contributed by atoms with Crippen molar-refractivity contribution in [1.29, 1.82) is 0 Å². The zero-order valence-electron chi connectivity index (χ0n) is 17.5. The zero-order valence-corrected chi connectivity index (χ0v) is 18.4. The summed E-state index contributed by atoms with van der Waals surface area (Å²) in [6, 6.07) is 7.98. The number of hydrogen-bond donors (Lipinski definition) is 1. The van der Waals surface area contributed by atoms with Gasteiger partial charge in [0.15, 0.2) is 16.2 Å². The Morgan fingerprint density at radius 3 is 2.61 bits per heavy atom. The lowest BCUT2D eigenvalue weighted by molar-refractivity contribution is -0.141. The maximum atomic E-state index is 13.1. The quantitative estimate of drug-likeness (QED) is 0.646. The molecule has 0 saturated heterocycles. The van der Waals surface area contributed by atoms with Gasteiger partial charge in [0.1, 0.15) is 17.2 Å². The van der Waals surface area contributed by atoms with Crippen molar-refractivity contribution in [3.63, 3.8) is 0 Å². The van der Waals surface area contributed by atoms with E-state index in [1.807, 2.05) is 0 Å². The predicted molar refractivity (Wildman–Crippen MR) is 112 cm³/mol. The minimum atomic E-state index is -3.67. The summed E-state index contributed by atoms with van der Waals surface area (Å²) in [5.74, 6) is -3.42. The SMILES string of the molecule is CC(C)C(CS(=O)(=O)c1ccccc1)C(=O)CC1CCc2ocnc2CNC(=O)C1=O. The number of nitrogens with one attached hydrogen (secondary N) is 1. The molecule has 31 heavy (non-hydrogen) atoms. The van der Waals surface area contributed by atoms with Crippen LogP contribution in [0.15, 0.2) is 46.0 Å². The summed E-state index contributed by atoms with van der Waals surface area (Å²) < 4.78 is 31.0. The fourth-order valence-corrected chi connectivity index (χ4v) is 5.53. The van der Waals surface area contributed by atoms with Crippen LogP contribution in [0.25, 0.3) is 0 Å². The maximum absolute atomic E-state index is 13.1. The molecule has 1 N–H and O–H groups in total. The Morgan fingerprint density at radius 2 is 1.94 bits per heavy atom.